The van der Waals surface area contributed by atoms with E-state index in [0.29, 0.717) is 22.3 Å². The van der Waals surface area contributed by atoms with Crippen LogP contribution in [0.3, 0.4) is 0 Å². The van der Waals surface area contributed by atoms with E-state index in [0.717, 1.165) is 37.7 Å². The van der Waals surface area contributed by atoms with Gasteiger partial charge in [-0.2, -0.15) is 8.78 Å². The Morgan fingerprint density at radius 2 is 1.46 bits per heavy atom. The minimum Gasteiger partial charge on any atom is -0.429 e. The molecule has 0 aliphatic heterocycles. The summed E-state index contributed by atoms with van der Waals surface area (Å²) in [6.45, 7) is 2.18. The molecule has 0 unspecified atom stereocenters. The van der Waals surface area contributed by atoms with Gasteiger partial charge in [0.15, 0.2) is 0 Å². The lowest BCUT2D eigenvalue weighted by atomic mass is 9.80. The fourth-order valence-electron chi connectivity index (χ4n) is 4.79. The summed E-state index contributed by atoms with van der Waals surface area (Å²) in [5.74, 6) is 0.109. The molecule has 0 radical (unpaired) electrons. The molecule has 3 aromatic rings. The van der Waals surface area contributed by atoms with Crippen LogP contribution in [-0.2, 0) is 0 Å². The molecule has 1 fully saturated rings. The lowest BCUT2D eigenvalue weighted by Crippen LogP contribution is -2.22. The Kier molecular flexibility index (Phi) is 7.94. The van der Waals surface area contributed by atoms with Gasteiger partial charge >= 0.3 is 6.11 Å². The number of allylic oxidation sites excluding steroid dienone is 1. The molecule has 1 aliphatic rings. The van der Waals surface area contributed by atoms with Gasteiger partial charge in [0.25, 0.3) is 0 Å². The van der Waals surface area contributed by atoms with Crippen LogP contribution >= 0.6 is 0 Å². The van der Waals surface area contributed by atoms with Gasteiger partial charge in [0.05, 0.1) is 0 Å². The molecule has 1 aliphatic carbocycles. The molecule has 1 nitrogen and oxygen atoms in total. The number of ether oxygens (including phenoxy) is 1. The topological polar surface area (TPSA) is 9.23 Å². The van der Waals surface area contributed by atoms with E-state index < -0.39 is 11.9 Å². The molecule has 3 aromatic carbocycles. The SMILES string of the molecule is CCCC1CCC(C=CC(F)(F)Oc2ccc(-c3ccc(-c4ccc(F)cc4)c(F)c3)cc2)CC1. The van der Waals surface area contributed by atoms with E-state index >= 15 is 0 Å². The van der Waals surface area contributed by atoms with Crippen LogP contribution in [0.5, 0.6) is 5.75 Å². The predicted molar refractivity (Wildman–Crippen MR) is 132 cm³/mol. The zero-order valence-electron chi connectivity index (χ0n) is 19.8. The molecule has 0 heterocycles. The summed E-state index contributed by atoms with van der Waals surface area (Å²) in [5, 5.41) is 0. The maximum atomic E-state index is 14.7. The molecular formula is C30H30F4O. The van der Waals surface area contributed by atoms with Crippen molar-refractivity contribution in [1.82, 2.24) is 0 Å². The van der Waals surface area contributed by atoms with Crippen LogP contribution in [0.4, 0.5) is 17.6 Å². The first-order chi connectivity index (χ1) is 16.8. The Morgan fingerprint density at radius 3 is 2.09 bits per heavy atom. The maximum Gasteiger partial charge on any atom is 0.419 e. The van der Waals surface area contributed by atoms with Gasteiger partial charge in [0.2, 0.25) is 0 Å². The first-order valence-electron chi connectivity index (χ1n) is 12.2. The predicted octanol–water partition coefficient (Wildman–Crippen LogP) is 9.43. The van der Waals surface area contributed by atoms with E-state index in [1.165, 1.54) is 55.3 Å². The maximum absolute atomic E-state index is 14.7. The van der Waals surface area contributed by atoms with Crippen molar-refractivity contribution in [1.29, 1.82) is 0 Å². The molecule has 0 atom stereocenters. The summed E-state index contributed by atoms with van der Waals surface area (Å²) < 4.78 is 61.5. The van der Waals surface area contributed by atoms with Gasteiger partial charge in [-0.15, -0.1) is 0 Å². The second-order valence-electron chi connectivity index (χ2n) is 9.32. The average Bonchev–Trinajstić information content (AvgIpc) is 2.85. The number of benzene rings is 3. The third kappa shape index (κ3) is 6.74. The Balaban J connectivity index is 1.38. The summed E-state index contributed by atoms with van der Waals surface area (Å²) in [6.07, 6.45) is 5.56. The molecule has 0 N–H and O–H groups in total. The van der Waals surface area contributed by atoms with Crippen LogP contribution in [0.1, 0.15) is 45.4 Å². The number of hydrogen-bond acceptors (Lipinski definition) is 1. The van der Waals surface area contributed by atoms with Gasteiger partial charge in [-0.3, -0.25) is 0 Å². The van der Waals surface area contributed by atoms with Crippen molar-refractivity contribution in [3.05, 3.63) is 90.5 Å². The van der Waals surface area contributed by atoms with E-state index in [9.17, 15) is 17.6 Å². The smallest absolute Gasteiger partial charge is 0.419 e. The van der Waals surface area contributed by atoms with Crippen molar-refractivity contribution < 1.29 is 22.3 Å². The molecule has 5 heteroatoms. The second kappa shape index (κ2) is 11.1. The third-order valence-corrected chi connectivity index (χ3v) is 6.72. The Hall–Kier alpha value is -3.08. The summed E-state index contributed by atoms with van der Waals surface area (Å²) in [4.78, 5) is 0. The van der Waals surface area contributed by atoms with Crippen LogP contribution < -0.4 is 4.74 Å². The molecule has 0 aromatic heterocycles. The lowest BCUT2D eigenvalue weighted by Gasteiger charge is -2.26. The first-order valence-corrected chi connectivity index (χ1v) is 12.2. The molecule has 0 saturated heterocycles. The molecule has 0 amide bonds. The molecule has 35 heavy (non-hydrogen) atoms. The summed E-state index contributed by atoms with van der Waals surface area (Å²) >= 11 is 0. The van der Waals surface area contributed by atoms with Crippen LogP contribution in [0.25, 0.3) is 22.3 Å². The highest BCUT2D eigenvalue weighted by atomic mass is 19.3. The molecule has 1 saturated carbocycles. The fourth-order valence-corrected chi connectivity index (χ4v) is 4.79. The summed E-state index contributed by atoms with van der Waals surface area (Å²) in [7, 11) is 0. The lowest BCUT2D eigenvalue weighted by molar-refractivity contribution is -0.132. The first kappa shape index (κ1) is 25.0. The van der Waals surface area contributed by atoms with Gasteiger partial charge in [-0.25, -0.2) is 8.78 Å². The number of alkyl halides is 2. The third-order valence-electron chi connectivity index (χ3n) is 6.72. The van der Waals surface area contributed by atoms with Gasteiger partial charge in [0, 0.05) is 11.6 Å². The van der Waals surface area contributed by atoms with Crippen LogP contribution in [0.15, 0.2) is 78.9 Å². The van der Waals surface area contributed by atoms with Crippen molar-refractivity contribution in [2.24, 2.45) is 11.8 Å². The summed E-state index contributed by atoms with van der Waals surface area (Å²) in [5.41, 5.74) is 2.21. The highest BCUT2D eigenvalue weighted by Crippen LogP contribution is 2.34. The standard InChI is InChI=1S/C30H30F4O/c1-2-3-21-4-6-22(7-5-21)18-19-30(33,34)35-27-15-10-23(11-16-27)25-12-17-28(29(32)20-25)24-8-13-26(31)14-9-24/h8-22H,2-7H2,1H3. The van der Waals surface area contributed by atoms with Crippen molar-refractivity contribution >= 4 is 0 Å². The Bertz CT molecular complexity index is 1130. The van der Waals surface area contributed by atoms with Crippen LogP contribution in [0, 0.1) is 23.5 Å². The quantitative estimate of drug-likeness (QED) is 0.229. The Labute approximate surface area is 204 Å². The van der Waals surface area contributed by atoms with Crippen molar-refractivity contribution in [3.8, 4) is 28.0 Å². The second-order valence-corrected chi connectivity index (χ2v) is 9.32. The van der Waals surface area contributed by atoms with Gasteiger partial charge in [-0.05, 0) is 84.5 Å². The molecular weight excluding hydrogens is 452 g/mol. The van der Waals surface area contributed by atoms with Crippen molar-refractivity contribution in [2.45, 2.75) is 51.6 Å². The van der Waals surface area contributed by atoms with E-state index in [1.54, 1.807) is 30.3 Å². The molecule has 0 spiro atoms. The monoisotopic (exact) mass is 482 g/mol. The fraction of sp³-hybridized carbons (Fsp3) is 0.333. The number of hydrogen-bond donors (Lipinski definition) is 0. The van der Waals surface area contributed by atoms with Crippen molar-refractivity contribution in [2.75, 3.05) is 0 Å². The van der Waals surface area contributed by atoms with Crippen molar-refractivity contribution in [3.63, 3.8) is 0 Å². The van der Waals surface area contributed by atoms with Gasteiger partial charge < -0.3 is 4.74 Å². The number of rotatable bonds is 8. The zero-order valence-corrected chi connectivity index (χ0v) is 19.8. The Morgan fingerprint density at radius 1 is 0.829 bits per heavy atom. The molecule has 4 rings (SSSR count). The molecule has 184 valence electrons. The highest BCUT2D eigenvalue weighted by molar-refractivity contribution is 5.71. The minimum atomic E-state index is -3.40. The number of halogens is 4. The van der Waals surface area contributed by atoms with E-state index in [4.69, 9.17) is 4.74 Å². The minimum absolute atomic E-state index is 0.0402. The molecule has 0 bridgehead atoms. The largest absolute Gasteiger partial charge is 0.429 e. The zero-order chi connectivity index (χ0) is 24.8. The van der Waals surface area contributed by atoms with Crippen LogP contribution in [-0.4, -0.2) is 6.11 Å². The summed E-state index contributed by atoms with van der Waals surface area (Å²) in [6, 6.07) is 16.5. The van der Waals surface area contributed by atoms with Gasteiger partial charge in [-0.1, -0.05) is 62.2 Å². The highest BCUT2D eigenvalue weighted by Gasteiger charge is 2.29. The van der Waals surface area contributed by atoms with E-state index in [2.05, 4.69) is 6.92 Å². The van der Waals surface area contributed by atoms with E-state index in [-0.39, 0.29) is 17.5 Å². The van der Waals surface area contributed by atoms with E-state index in [1.807, 2.05) is 0 Å². The normalized spacial score (nSPS) is 18.7. The average molecular weight is 483 g/mol. The van der Waals surface area contributed by atoms with Crippen LogP contribution in [0.2, 0.25) is 0 Å². The van der Waals surface area contributed by atoms with Gasteiger partial charge in [0.1, 0.15) is 17.4 Å².